The second kappa shape index (κ2) is 11.2. The van der Waals surface area contributed by atoms with E-state index in [1.54, 1.807) is 53.9 Å². The summed E-state index contributed by atoms with van der Waals surface area (Å²) in [5.41, 5.74) is -0.938. The van der Waals surface area contributed by atoms with Crippen LogP contribution in [0.1, 0.15) is 52.4 Å². The van der Waals surface area contributed by atoms with Gasteiger partial charge < -0.3 is 20.1 Å². The highest BCUT2D eigenvalue weighted by Crippen LogP contribution is 2.34. The molecule has 1 aromatic heterocycles. The summed E-state index contributed by atoms with van der Waals surface area (Å²) in [7, 11) is 0. The Morgan fingerprint density at radius 2 is 2.00 bits per heavy atom. The van der Waals surface area contributed by atoms with E-state index in [-0.39, 0.29) is 29.9 Å². The van der Waals surface area contributed by atoms with Gasteiger partial charge in [0.05, 0.1) is 23.7 Å². The van der Waals surface area contributed by atoms with E-state index in [2.05, 4.69) is 10.4 Å². The average Bonchev–Trinajstić information content (AvgIpc) is 3.40. The third kappa shape index (κ3) is 6.81. The predicted molar refractivity (Wildman–Crippen MR) is 139 cm³/mol. The molecule has 1 aromatic carbocycles. The molecule has 1 aliphatic heterocycles. The summed E-state index contributed by atoms with van der Waals surface area (Å²) in [5, 5.41) is 17.9. The molecule has 2 heterocycles. The van der Waals surface area contributed by atoms with Crippen molar-refractivity contribution >= 4 is 40.8 Å². The summed E-state index contributed by atoms with van der Waals surface area (Å²) in [6.07, 6.45) is 9.23. The topological polar surface area (TPSA) is 96.7 Å². The number of aromatic nitrogens is 2. The molecular weight excluding hydrogens is 503 g/mol. The minimum atomic E-state index is -0.938. The van der Waals surface area contributed by atoms with Crippen LogP contribution in [0, 0.1) is 5.92 Å². The van der Waals surface area contributed by atoms with Gasteiger partial charge in [-0.15, -0.1) is 0 Å². The van der Waals surface area contributed by atoms with Crippen LogP contribution in [0.2, 0.25) is 10.0 Å². The normalized spacial score (nSPS) is 17.8. The number of halogens is 2. The fourth-order valence-corrected chi connectivity index (χ4v) is 5.11. The van der Waals surface area contributed by atoms with Gasteiger partial charge in [0.1, 0.15) is 22.6 Å². The predicted octanol–water partition coefficient (Wildman–Crippen LogP) is 5.04. The quantitative estimate of drug-likeness (QED) is 0.469. The number of benzene rings is 1. The number of hydrogen-bond acceptors (Lipinski definition) is 5. The monoisotopic (exact) mass is 534 g/mol. The fraction of sp³-hybridized carbons (Fsp3) is 0.500. The molecule has 0 radical (unpaired) electrons. The van der Waals surface area contributed by atoms with Crippen molar-refractivity contribution < 1.29 is 19.4 Å². The maximum Gasteiger partial charge on any atom is 0.251 e. The second-order valence-corrected chi connectivity index (χ2v) is 11.0. The Morgan fingerprint density at radius 1 is 1.25 bits per heavy atom. The Labute approximate surface area is 221 Å². The van der Waals surface area contributed by atoms with Crippen molar-refractivity contribution in [1.29, 1.82) is 0 Å². The first-order chi connectivity index (χ1) is 17.1. The first-order valence-electron chi connectivity index (χ1n) is 12.3. The number of carbonyl (C=O) groups is 2. The van der Waals surface area contributed by atoms with Crippen LogP contribution in [-0.4, -0.2) is 49.8 Å². The molecule has 0 spiro atoms. The van der Waals surface area contributed by atoms with E-state index in [4.69, 9.17) is 27.9 Å². The number of hydrogen-bond donors (Lipinski definition) is 2. The zero-order chi connectivity index (χ0) is 25.9. The van der Waals surface area contributed by atoms with Gasteiger partial charge in [-0.05, 0) is 38.3 Å². The molecule has 0 bridgehead atoms. The van der Waals surface area contributed by atoms with Gasteiger partial charge in [-0.2, -0.15) is 5.10 Å². The highest BCUT2D eigenvalue weighted by molar-refractivity contribution is 6.42. The highest BCUT2D eigenvalue weighted by atomic mass is 35.5. The van der Waals surface area contributed by atoms with Crippen LogP contribution < -0.4 is 10.1 Å². The SMILES string of the molecule is CC(C)(O)Cn1ccc(NC(=O)[C@H](CC2CCCCC2)N2CC(Oc3cccc(Cl)c3Cl)=CC2=O)n1. The molecule has 36 heavy (non-hydrogen) atoms. The average molecular weight is 535 g/mol. The van der Waals surface area contributed by atoms with Crippen molar-refractivity contribution in [1.82, 2.24) is 14.7 Å². The van der Waals surface area contributed by atoms with E-state index in [9.17, 15) is 14.7 Å². The van der Waals surface area contributed by atoms with Crippen LogP contribution in [0.3, 0.4) is 0 Å². The zero-order valence-corrected chi connectivity index (χ0v) is 22.1. The van der Waals surface area contributed by atoms with Crippen LogP contribution in [0.25, 0.3) is 0 Å². The lowest BCUT2D eigenvalue weighted by atomic mass is 9.84. The molecule has 194 valence electrons. The van der Waals surface area contributed by atoms with E-state index in [0.717, 1.165) is 25.7 Å². The van der Waals surface area contributed by atoms with E-state index >= 15 is 0 Å². The maximum atomic E-state index is 13.5. The number of nitrogens with zero attached hydrogens (tertiary/aromatic N) is 3. The Morgan fingerprint density at radius 3 is 2.72 bits per heavy atom. The molecule has 1 fully saturated rings. The number of rotatable bonds is 9. The van der Waals surface area contributed by atoms with Gasteiger partial charge in [0.15, 0.2) is 5.82 Å². The Hall–Kier alpha value is -2.55. The van der Waals surface area contributed by atoms with Crippen molar-refractivity contribution in [3.05, 3.63) is 52.3 Å². The number of ether oxygens (including phenoxy) is 1. The Balaban J connectivity index is 1.48. The summed E-state index contributed by atoms with van der Waals surface area (Å²) in [4.78, 5) is 28.0. The maximum absolute atomic E-state index is 13.5. The van der Waals surface area contributed by atoms with Crippen molar-refractivity contribution in [2.75, 3.05) is 11.9 Å². The molecule has 2 amide bonds. The summed E-state index contributed by atoms with van der Waals surface area (Å²) in [6.45, 7) is 3.82. The molecule has 1 aliphatic carbocycles. The van der Waals surface area contributed by atoms with Gasteiger partial charge in [-0.3, -0.25) is 14.3 Å². The Kier molecular flexibility index (Phi) is 8.27. The Bertz CT molecular complexity index is 1140. The fourth-order valence-electron chi connectivity index (χ4n) is 4.78. The largest absolute Gasteiger partial charge is 0.458 e. The first-order valence-corrected chi connectivity index (χ1v) is 13.0. The lowest BCUT2D eigenvalue weighted by molar-refractivity contribution is -0.134. The van der Waals surface area contributed by atoms with Crippen LogP contribution in [0.5, 0.6) is 5.75 Å². The molecule has 10 heteroatoms. The van der Waals surface area contributed by atoms with Crippen molar-refractivity contribution in [3.63, 3.8) is 0 Å². The van der Waals surface area contributed by atoms with Crippen LogP contribution >= 0.6 is 23.2 Å². The standard InChI is InChI=1S/C26H32Cl2N4O4/c1-26(2,35)16-31-12-11-22(30-31)29-25(34)20(13-17-7-4-3-5-8-17)32-15-18(14-23(32)33)36-21-10-6-9-19(27)24(21)28/h6,9-12,14,17,20,35H,3-5,7-8,13,15-16H2,1-2H3,(H,29,30,34)/t20-/m0/s1. The lowest BCUT2D eigenvalue weighted by Crippen LogP contribution is -2.46. The molecule has 2 N–H and O–H groups in total. The third-order valence-electron chi connectivity index (χ3n) is 6.45. The lowest BCUT2D eigenvalue weighted by Gasteiger charge is -2.31. The number of anilines is 1. The van der Waals surface area contributed by atoms with Gasteiger partial charge in [0.2, 0.25) is 5.91 Å². The third-order valence-corrected chi connectivity index (χ3v) is 7.25. The van der Waals surface area contributed by atoms with Crippen LogP contribution in [0.15, 0.2) is 42.3 Å². The molecule has 1 saturated carbocycles. The smallest absolute Gasteiger partial charge is 0.251 e. The molecule has 1 atom stereocenters. The summed E-state index contributed by atoms with van der Waals surface area (Å²) < 4.78 is 7.47. The molecule has 0 unspecified atom stereocenters. The van der Waals surface area contributed by atoms with Gasteiger partial charge >= 0.3 is 0 Å². The molecule has 2 aliphatic rings. The minimum Gasteiger partial charge on any atom is -0.458 e. The number of amides is 2. The molecule has 4 rings (SSSR count). The van der Waals surface area contributed by atoms with Crippen LogP contribution in [-0.2, 0) is 16.1 Å². The summed E-state index contributed by atoms with van der Waals surface area (Å²) >= 11 is 12.3. The van der Waals surface area contributed by atoms with Gasteiger partial charge in [-0.25, -0.2) is 0 Å². The van der Waals surface area contributed by atoms with Crippen molar-refractivity contribution in [2.24, 2.45) is 5.92 Å². The van der Waals surface area contributed by atoms with Crippen molar-refractivity contribution in [3.8, 4) is 5.75 Å². The van der Waals surface area contributed by atoms with E-state index in [0.29, 0.717) is 34.7 Å². The number of carbonyl (C=O) groups excluding carboxylic acids is 2. The van der Waals surface area contributed by atoms with Gasteiger partial charge in [-0.1, -0.05) is 61.4 Å². The summed E-state index contributed by atoms with van der Waals surface area (Å²) in [6, 6.07) is 6.06. The number of aliphatic hydroxyl groups is 1. The molecule has 8 nitrogen and oxygen atoms in total. The van der Waals surface area contributed by atoms with E-state index in [1.807, 2.05) is 0 Å². The number of nitrogens with one attached hydrogen (secondary N) is 1. The van der Waals surface area contributed by atoms with E-state index < -0.39 is 11.6 Å². The van der Waals surface area contributed by atoms with Crippen LogP contribution in [0.4, 0.5) is 5.82 Å². The first kappa shape index (κ1) is 26.5. The minimum absolute atomic E-state index is 0.152. The summed E-state index contributed by atoms with van der Waals surface area (Å²) in [5.74, 6) is 0.919. The van der Waals surface area contributed by atoms with Crippen molar-refractivity contribution in [2.45, 2.75) is 70.6 Å². The zero-order valence-electron chi connectivity index (χ0n) is 20.5. The molecule has 0 saturated heterocycles. The van der Waals surface area contributed by atoms with Gasteiger partial charge in [0.25, 0.3) is 5.91 Å². The highest BCUT2D eigenvalue weighted by Gasteiger charge is 2.36. The van der Waals surface area contributed by atoms with Gasteiger partial charge in [0, 0.05) is 18.3 Å². The molecule has 2 aromatic rings. The second-order valence-electron chi connectivity index (χ2n) is 10.2. The molecular formula is C26H32Cl2N4O4. The van der Waals surface area contributed by atoms with E-state index in [1.165, 1.54) is 12.5 Å².